The number of ether oxygens (including phenoxy) is 1. The number of hydrogen-bond acceptors (Lipinski definition) is 4. The zero-order valence-electron chi connectivity index (χ0n) is 10.9. The molecule has 1 unspecified atom stereocenters. The van der Waals surface area contributed by atoms with Crippen molar-refractivity contribution in [3.8, 4) is 5.75 Å². The van der Waals surface area contributed by atoms with Gasteiger partial charge in [-0.25, -0.2) is 0 Å². The minimum Gasteiger partial charge on any atom is -0.496 e. The van der Waals surface area contributed by atoms with Gasteiger partial charge in [0.25, 0.3) is 0 Å². The first-order valence-electron chi connectivity index (χ1n) is 6.09. The van der Waals surface area contributed by atoms with Gasteiger partial charge in [0, 0.05) is 16.8 Å². The first-order chi connectivity index (χ1) is 9.26. The number of rotatable bonds is 5. The Morgan fingerprint density at radius 2 is 2.16 bits per heavy atom. The standard InChI is InChI=1S/C14H16ClN3O/c1-3-16-14(10-6-7-17-18-9-10)12-8-11(15)4-5-13(12)19-2/h4-9,14,16H,3H2,1-2H3. The van der Waals surface area contributed by atoms with Gasteiger partial charge < -0.3 is 10.1 Å². The highest BCUT2D eigenvalue weighted by Gasteiger charge is 2.18. The van der Waals surface area contributed by atoms with Crippen LogP contribution in [-0.2, 0) is 0 Å². The molecule has 0 radical (unpaired) electrons. The highest BCUT2D eigenvalue weighted by molar-refractivity contribution is 6.30. The molecular formula is C14H16ClN3O. The number of nitrogens with zero attached hydrogens (tertiary/aromatic N) is 2. The maximum absolute atomic E-state index is 6.09. The van der Waals surface area contributed by atoms with Gasteiger partial charge in [-0.1, -0.05) is 18.5 Å². The topological polar surface area (TPSA) is 47.0 Å². The first kappa shape index (κ1) is 13.8. The molecule has 1 N–H and O–H groups in total. The van der Waals surface area contributed by atoms with E-state index in [-0.39, 0.29) is 6.04 Å². The molecule has 4 nitrogen and oxygen atoms in total. The molecule has 0 saturated heterocycles. The Labute approximate surface area is 117 Å². The summed E-state index contributed by atoms with van der Waals surface area (Å²) in [5.74, 6) is 0.798. The van der Waals surface area contributed by atoms with Crippen LogP contribution < -0.4 is 10.1 Å². The minimum atomic E-state index is -0.0193. The quantitative estimate of drug-likeness (QED) is 0.913. The largest absolute Gasteiger partial charge is 0.496 e. The van der Waals surface area contributed by atoms with Crippen LogP contribution in [0.15, 0.2) is 36.7 Å². The van der Waals surface area contributed by atoms with Crippen LogP contribution in [0.2, 0.25) is 5.02 Å². The Balaban J connectivity index is 2.47. The Morgan fingerprint density at radius 3 is 2.79 bits per heavy atom. The fourth-order valence-corrected chi connectivity index (χ4v) is 2.19. The van der Waals surface area contributed by atoms with Crippen LogP contribution in [0.1, 0.15) is 24.1 Å². The van der Waals surface area contributed by atoms with Crippen molar-refractivity contribution in [1.29, 1.82) is 0 Å². The smallest absolute Gasteiger partial charge is 0.124 e. The maximum atomic E-state index is 6.09. The van der Waals surface area contributed by atoms with Crippen molar-refractivity contribution < 1.29 is 4.74 Å². The number of benzene rings is 1. The molecule has 0 aliphatic heterocycles. The van der Waals surface area contributed by atoms with Crippen LogP contribution in [0.25, 0.3) is 0 Å². The lowest BCUT2D eigenvalue weighted by Gasteiger charge is -2.21. The summed E-state index contributed by atoms with van der Waals surface area (Å²) in [6.07, 6.45) is 3.42. The Kier molecular flexibility index (Phi) is 4.71. The fraction of sp³-hybridized carbons (Fsp3) is 0.286. The Morgan fingerprint density at radius 1 is 1.32 bits per heavy atom. The van der Waals surface area contributed by atoms with E-state index >= 15 is 0 Å². The van der Waals surface area contributed by atoms with E-state index in [1.54, 1.807) is 19.5 Å². The second-order valence-electron chi connectivity index (χ2n) is 4.05. The summed E-state index contributed by atoms with van der Waals surface area (Å²) in [6, 6.07) is 7.51. The van der Waals surface area contributed by atoms with E-state index in [9.17, 15) is 0 Å². The molecule has 2 aromatic rings. The van der Waals surface area contributed by atoms with E-state index < -0.39 is 0 Å². The molecule has 5 heteroatoms. The summed E-state index contributed by atoms with van der Waals surface area (Å²) in [6.45, 7) is 2.88. The van der Waals surface area contributed by atoms with Gasteiger partial charge in [0.1, 0.15) is 5.75 Å². The molecule has 0 spiro atoms. The number of methoxy groups -OCH3 is 1. The molecule has 2 rings (SSSR count). The highest BCUT2D eigenvalue weighted by atomic mass is 35.5. The Bertz CT molecular complexity index is 533. The third kappa shape index (κ3) is 3.22. The summed E-state index contributed by atoms with van der Waals surface area (Å²) >= 11 is 6.09. The van der Waals surface area contributed by atoms with Gasteiger partial charge >= 0.3 is 0 Å². The molecule has 0 saturated carbocycles. The van der Waals surface area contributed by atoms with Crippen molar-refractivity contribution in [1.82, 2.24) is 15.5 Å². The molecule has 1 aromatic carbocycles. The lowest BCUT2D eigenvalue weighted by Crippen LogP contribution is -2.22. The maximum Gasteiger partial charge on any atom is 0.124 e. The lowest BCUT2D eigenvalue weighted by atomic mass is 9.99. The fourth-order valence-electron chi connectivity index (χ4n) is 2.01. The molecule has 0 aliphatic carbocycles. The van der Waals surface area contributed by atoms with Crippen LogP contribution in [0.4, 0.5) is 0 Å². The third-order valence-electron chi connectivity index (χ3n) is 2.85. The van der Waals surface area contributed by atoms with Crippen molar-refractivity contribution in [3.63, 3.8) is 0 Å². The summed E-state index contributed by atoms with van der Waals surface area (Å²) in [5, 5.41) is 11.8. The average molecular weight is 278 g/mol. The van der Waals surface area contributed by atoms with Crippen molar-refractivity contribution in [3.05, 3.63) is 52.8 Å². The van der Waals surface area contributed by atoms with Crippen LogP contribution in [0, 0.1) is 0 Å². The van der Waals surface area contributed by atoms with Gasteiger partial charge in [0.05, 0.1) is 19.3 Å². The Hall–Kier alpha value is -1.65. The van der Waals surface area contributed by atoms with Crippen molar-refractivity contribution in [2.45, 2.75) is 13.0 Å². The molecule has 0 fully saturated rings. The molecule has 0 bridgehead atoms. The molecule has 1 heterocycles. The minimum absolute atomic E-state index is 0.0193. The summed E-state index contributed by atoms with van der Waals surface area (Å²) in [4.78, 5) is 0. The SMILES string of the molecule is CCNC(c1ccnnc1)c1cc(Cl)ccc1OC. The van der Waals surface area contributed by atoms with E-state index in [4.69, 9.17) is 16.3 Å². The van der Waals surface area contributed by atoms with Crippen molar-refractivity contribution in [2.75, 3.05) is 13.7 Å². The molecule has 100 valence electrons. The van der Waals surface area contributed by atoms with Crippen molar-refractivity contribution in [2.24, 2.45) is 0 Å². The predicted octanol–water partition coefficient (Wildman–Crippen LogP) is 2.84. The zero-order valence-corrected chi connectivity index (χ0v) is 11.7. The van der Waals surface area contributed by atoms with E-state index in [0.717, 1.165) is 23.4 Å². The number of nitrogens with one attached hydrogen (secondary N) is 1. The van der Waals surface area contributed by atoms with Gasteiger partial charge in [-0.05, 0) is 36.4 Å². The summed E-state index contributed by atoms with van der Waals surface area (Å²) < 4.78 is 5.41. The molecule has 1 atom stereocenters. The highest BCUT2D eigenvalue weighted by Crippen LogP contribution is 2.31. The normalized spacial score (nSPS) is 12.2. The van der Waals surface area contributed by atoms with Crippen LogP contribution in [0.3, 0.4) is 0 Å². The van der Waals surface area contributed by atoms with Gasteiger partial charge in [-0.15, -0.1) is 0 Å². The second-order valence-corrected chi connectivity index (χ2v) is 4.49. The van der Waals surface area contributed by atoms with E-state index in [0.29, 0.717) is 5.02 Å². The monoisotopic (exact) mass is 277 g/mol. The first-order valence-corrected chi connectivity index (χ1v) is 6.47. The van der Waals surface area contributed by atoms with Gasteiger partial charge in [-0.3, -0.25) is 0 Å². The summed E-state index contributed by atoms with van der Waals surface area (Å²) in [5.41, 5.74) is 2.02. The molecule has 19 heavy (non-hydrogen) atoms. The van der Waals surface area contributed by atoms with Crippen molar-refractivity contribution >= 4 is 11.6 Å². The van der Waals surface area contributed by atoms with Gasteiger partial charge in [0.15, 0.2) is 0 Å². The van der Waals surface area contributed by atoms with E-state index in [1.165, 1.54) is 0 Å². The van der Waals surface area contributed by atoms with Crippen LogP contribution in [-0.4, -0.2) is 23.9 Å². The number of halogens is 1. The molecular weight excluding hydrogens is 262 g/mol. The lowest BCUT2D eigenvalue weighted by molar-refractivity contribution is 0.404. The zero-order chi connectivity index (χ0) is 13.7. The number of hydrogen-bond donors (Lipinski definition) is 1. The van der Waals surface area contributed by atoms with E-state index in [1.807, 2.05) is 24.3 Å². The average Bonchev–Trinajstić information content (AvgIpc) is 2.45. The third-order valence-corrected chi connectivity index (χ3v) is 3.09. The van der Waals surface area contributed by atoms with Gasteiger partial charge in [0.2, 0.25) is 0 Å². The molecule has 0 aliphatic rings. The van der Waals surface area contributed by atoms with E-state index in [2.05, 4.69) is 22.4 Å². The molecule has 1 aromatic heterocycles. The summed E-state index contributed by atoms with van der Waals surface area (Å²) in [7, 11) is 1.65. The second kappa shape index (κ2) is 6.50. The molecule has 0 amide bonds. The predicted molar refractivity (Wildman–Crippen MR) is 75.6 cm³/mol. The van der Waals surface area contributed by atoms with Crippen LogP contribution in [0.5, 0.6) is 5.75 Å². The number of aromatic nitrogens is 2. The van der Waals surface area contributed by atoms with Gasteiger partial charge in [-0.2, -0.15) is 10.2 Å². The van der Waals surface area contributed by atoms with Crippen LogP contribution >= 0.6 is 11.6 Å².